The molecule has 0 spiro atoms. The Hall–Kier alpha value is 0.690. The highest BCUT2D eigenvalue weighted by Crippen LogP contribution is 2.29. The van der Waals surface area contributed by atoms with Crippen LogP contribution in [0, 0.1) is 5.92 Å². The van der Waals surface area contributed by atoms with Crippen molar-refractivity contribution in [3.8, 4) is 0 Å². The molecule has 2 heteroatoms. The predicted octanol–water partition coefficient (Wildman–Crippen LogP) is 1.97. The van der Waals surface area contributed by atoms with Crippen LogP contribution in [0.25, 0.3) is 0 Å². The van der Waals surface area contributed by atoms with Crippen molar-refractivity contribution in [2.24, 2.45) is 5.92 Å². The van der Waals surface area contributed by atoms with Crippen molar-refractivity contribution in [2.45, 2.75) is 29.6 Å². The van der Waals surface area contributed by atoms with Gasteiger partial charge in [0.15, 0.2) is 0 Å². The fraction of sp³-hybridized carbons (Fsp3) is 1.00. The van der Waals surface area contributed by atoms with Crippen LogP contribution in [-0.4, -0.2) is 15.6 Å². The van der Waals surface area contributed by atoms with E-state index in [1.54, 1.807) is 0 Å². The highest BCUT2D eigenvalue weighted by molar-refractivity contribution is 14.1. The van der Waals surface area contributed by atoms with Crippen molar-refractivity contribution >= 4 is 22.6 Å². The monoisotopic (exact) mass is 240 g/mol. The molecular formula is C7H13IO. The first-order chi connectivity index (χ1) is 4.34. The summed E-state index contributed by atoms with van der Waals surface area (Å²) in [5.74, 6) is 0.597. The maximum Gasteiger partial charge on any atom is 0.0469 e. The molecule has 1 N–H and O–H groups in total. The minimum absolute atomic E-state index is 0.396. The molecule has 9 heavy (non-hydrogen) atoms. The number of alkyl halides is 1. The zero-order chi connectivity index (χ0) is 6.69. The lowest BCUT2D eigenvalue weighted by atomic mass is 9.90. The molecule has 0 aromatic carbocycles. The van der Waals surface area contributed by atoms with Crippen LogP contribution in [0.5, 0.6) is 0 Å². The van der Waals surface area contributed by atoms with Gasteiger partial charge in [-0.25, -0.2) is 0 Å². The first-order valence-electron chi connectivity index (χ1n) is 3.59. The van der Waals surface area contributed by atoms with Crippen molar-refractivity contribution < 1.29 is 5.11 Å². The molecule has 1 aliphatic carbocycles. The molecule has 0 heterocycles. The van der Waals surface area contributed by atoms with Crippen LogP contribution in [0.4, 0.5) is 0 Å². The van der Waals surface area contributed by atoms with Crippen molar-refractivity contribution in [1.82, 2.24) is 0 Å². The lowest BCUT2D eigenvalue weighted by Crippen LogP contribution is -2.21. The second kappa shape index (κ2) is 3.76. The average molecular weight is 240 g/mol. The topological polar surface area (TPSA) is 20.2 Å². The van der Waals surface area contributed by atoms with Gasteiger partial charge in [-0.15, -0.1) is 0 Å². The van der Waals surface area contributed by atoms with Crippen LogP contribution >= 0.6 is 22.6 Å². The van der Waals surface area contributed by atoms with Crippen LogP contribution in [0.1, 0.15) is 25.7 Å². The Kier molecular flexibility index (Phi) is 3.26. The number of hydrogen-bond donors (Lipinski definition) is 1. The Labute approximate surface area is 70.0 Å². The smallest absolute Gasteiger partial charge is 0.0469 e. The summed E-state index contributed by atoms with van der Waals surface area (Å²) >= 11 is 2.46. The summed E-state index contributed by atoms with van der Waals surface area (Å²) in [5, 5.41) is 8.86. The third-order valence-electron chi connectivity index (χ3n) is 2.05. The van der Waals surface area contributed by atoms with E-state index in [1.165, 1.54) is 25.7 Å². The first-order valence-corrected chi connectivity index (χ1v) is 4.84. The molecule has 1 nitrogen and oxygen atoms in total. The Bertz CT molecular complexity index is 85.0. The maximum atomic E-state index is 8.86. The molecule has 0 amide bonds. The van der Waals surface area contributed by atoms with E-state index in [9.17, 15) is 0 Å². The van der Waals surface area contributed by atoms with Gasteiger partial charge in [-0.3, -0.25) is 0 Å². The fourth-order valence-electron chi connectivity index (χ4n) is 1.37. The first kappa shape index (κ1) is 7.79. The van der Waals surface area contributed by atoms with Crippen molar-refractivity contribution in [2.75, 3.05) is 6.61 Å². The Morgan fingerprint density at radius 3 is 2.44 bits per heavy atom. The second-order valence-corrected chi connectivity index (χ2v) is 4.34. The summed E-state index contributed by atoms with van der Waals surface area (Å²) in [5.41, 5.74) is 0. The van der Waals surface area contributed by atoms with E-state index >= 15 is 0 Å². The van der Waals surface area contributed by atoms with E-state index in [2.05, 4.69) is 22.6 Å². The molecule has 54 valence electrons. The van der Waals surface area contributed by atoms with E-state index in [-0.39, 0.29) is 0 Å². The highest BCUT2D eigenvalue weighted by atomic mass is 127. The molecule has 0 aromatic rings. The lowest BCUT2D eigenvalue weighted by Gasteiger charge is -2.25. The molecule has 2 atom stereocenters. The lowest BCUT2D eigenvalue weighted by molar-refractivity contribution is 0.199. The third kappa shape index (κ3) is 2.08. The minimum Gasteiger partial charge on any atom is -0.396 e. The zero-order valence-corrected chi connectivity index (χ0v) is 7.67. The van der Waals surface area contributed by atoms with Gasteiger partial charge in [-0.05, 0) is 18.8 Å². The SMILES string of the molecule is OCC1CCCCC1I. The molecule has 2 unspecified atom stereocenters. The summed E-state index contributed by atoms with van der Waals surface area (Å²) < 4.78 is 0.737. The van der Waals surface area contributed by atoms with Gasteiger partial charge in [0.2, 0.25) is 0 Å². The number of hydrogen-bond acceptors (Lipinski definition) is 1. The normalized spacial score (nSPS) is 36.7. The number of rotatable bonds is 1. The highest BCUT2D eigenvalue weighted by Gasteiger charge is 2.20. The van der Waals surface area contributed by atoms with Gasteiger partial charge < -0.3 is 5.11 Å². The van der Waals surface area contributed by atoms with Gasteiger partial charge in [-0.2, -0.15) is 0 Å². The molecule has 1 rings (SSSR count). The molecule has 0 aromatic heterocycles. The van der Waals surface area contributed by atoms with Crippen LogP contribution in [-0.2, 0) is 0 Å². The van der Waals surface area contributed by atoms with E-state index in [1.807, 2.05) is 0 Å². The number of aliphatic hydroxyl groups is 1. The van der Waals surface area contributed by atoms with E-state index in [4.69, 9.17) is 5.11 Å². The molecule has 1 fully saturated rings. The molecule has 1 aliphatic rings. The zero-order valence-electron chi connectivity index (χ0n) is 5.52. The fourth-order valence-corrected chi connectivity index (χ4v) is 2.40. The van der Waals surface area contributed by atoms with Crippen LogP contribution < -0.4 is 0 Å². The molecule has 0 saturated heterocycles. The molecule has 0 aliphatic heterocycles. The van der Waals surface area contributed by atoms with Crippen molar-refractivity contribution in [1.29, 1.82) is 0 Å². The molecule has 0 radical (unpaired) electrons. The summed E-state index contributed by atoms with van der Waals surface area (Å²) in [6, 6.07) is 0. The standard InChI is InChI=1S/C7H13IO/c8-7-4-2-1-3-6(7)5-9/h6-7,9H,1-5H2. The summed E-state index contributed by atoms with van der Waals surface area (Å²) in [6.07, 6.45) is 5.24. The van der Waals surface area contributed by atoms with Gasteiger partial charge in [0.1, 0.15) is 0 Å². The average Bonchev–Trinajstić information content (AvgIpc) is 1.89. The number of halogens is 1. The largest absolute Gasteiger partial charge is 0.396 e. The van der Waals surface area contributed by atoms with Crippen LogP contribution in [0.15, 0.2) is 0 Å². The third-order valence-corrected chi connectivity index (χ3v) is 3.69. The van der Waals surface area contributed by atoms with E-state index in [0.29, 0.717) is 12.5 Å². The number of aliphatic hydroxyl groups excluding tert-OH is 1. The maximum absolute atomic E-state index is 8.86. The van der Waals surface area contributed by atoms with Gasteiger partial charge in [-0.1, -0.05) is 35.4 Å². The van der Waals surface area contributed by atoms with Crippen LogP contribution in [0.3, 0.4) is 0 Å². The van der Waals surface area contributed by atoms with Crippen LogP contribution in [0.2, 0.25) is 0 Å². The van der Waals surface area contributed by atoms with Gasteiger partial charge >= 0.3 is 0 Å². The summed E-state index contributed by atoms with van der Waals surface area (Å²) in [4.78, 5) is 0. The molecule has 0 bridgehead atoms. The Balaban J connectivity index is 2.30. The van der Waals surface area contributed by atoms with E-state index in [0.717, 1.165) is 3.92 Å². The predicted molar refractivity (Wildman–Crippen MR) is 46.9 cm³/mol. The van der Waals surface area contributed by atoms with E-state index < -0.39 is 0 Å². The van der Waals surface area contributed by atoms with Crippen molar-refractivity contribution in [3.63, 3.8) is 0 Å². The van der Waals surface area contributed by atoms with Gasteiger partial charge in [0.25, 0.3) is 0 Å². The summed E-state index contributed by atoms with van der Waals surface area (Å²) in [6.45, 7) is 0.396. The van der Waals surface area contributed by atoms with Gasteiger partial charge in [0, 0.05) is 10.5 Å². The molecule has 1 saturated carbocycles. The second-order valence-electron chi connectivity index (χ2n) is 2.74. The van der Waals surface area contributed by atoms with Gasteiger partial charge in [0.05, 0.1) is 0 Å². The summed E-state index contributed by atoms with van der Waals surface area (Å²) in [7, 11) is 0. The quantitative estimate of drug-likeness (QED) is 0.548. The Morgan fingerprint density at radius 1 is 1.33 bits per heavy atom. The Morgan fingerprint density at radius 2 is 2.00 bits per heavy atom. The minimum atomic E-state index is 0.396. The van der Waals surface area contributed by atoms with Crippen molar-refractivity contribution in [3.05, 3.63) is 0 Å². The molecular weight excluding hydrogens is 227 g/mol.